The molecule has 0 radical (unpaired) electrons. The van der Waals surface area contributed by atoms with Crippen molar-refractivity contribution in [3.8, 4) is 0 Å². The van der Waals surface area contributed by atoms with Crippen molar-refractivity contribution in [1.29, 1.82) is 0 Å². The molecular formula is C16H29NO. The third-order valence-corrected chi connectivity index (χ3v) is 4.71. The van der Waals surface area contributed by atoms with Gasteiger partial charge in [-0.3, -0.25) is 9.69 Å². The minimum Gasteiger partial charge on any atom is -0.300 e. The fraction of sp³-hybridized carbons (Fsp3) is 0.938. The van der Waals surface area contributed by atoms with E-state index >= 15 is 0 Å². The first-order valence-electron chi connectivity index (χ1n) is 7.95. The molecule has 2 fully saturated rings. The lowest BCUT2D eigenvalue weighted by Gasteiger charge is -2.38. The summed E-state index contributed by atoms with van der Waals surface area (Å²) in [7, 11) is 0. The Hall–Kier alpha value is -0.370. The molecule has 0 aromatic carbocycles. The lowest BCUT2D eigenvalue weighted by Crippen LogP contribution is -2.45. The molecule has 1 aliphatic heterocycles. The summed E-state index contributed by atoms with van der Waals surface area (Å²) in [5.41, 5.74) is 0. The lowest BCUT2D eigenvalue weighted by atomic mass is 9.88. The van der Waals surface area contributed by atoms with Crippen LogP contribution in [0.25, 0.3) is 0 Å². The molecule has 1 saturated carbocycles. The van der Waals surface area contributed by atoms with E-state index in [1.807, 2.05) is 0 Å². The predicted octanol–water partition coefficient (Wildman–Crippen LogP) is 3.65. The predicted molar refractivity (Wildman–Crippen MR) is 75.6 cm³/mol. The zero-order valence-electron chi connectivity index (χ0n) is 12.2. The highest BCUT2D eigenvalue weighted by Crippen LogP contribution is 2.32. The van der Waals surface area contributed by atoms with E-state index in [2.05, 4.69) is 18.7 Å². The first-order chi connectivity index (χ1) is 8.68. The summed E-state index contributed by atoms with van der Waals surface area (Å²) < 4.78 is 0. The zero-order chi connectivity index (χ0) is 13.0. The maximum absolute atomic E-state index is 12.0. The second-order valence-corrected chi connectivity index (χ2v) is 6.60. The molecular weight excluding hydrogens is 222 g/mol. The molecule has 2 unspecified atom stereocenters. The third kappa shape index (κ3) is 3.57. The maximum Gasteiger partial charge on any atom is 0.137 e. The van der Waals surface area contributed by atoms with Crippen molar-refractivity contribution in [3.05, 3.63) is 0 Å². The molecule has 2 heteroatoms. The topological polar surface area (TPSA) is 20.3 Å². The number of piperidine rings is 1. The third-order valence-electron chi connectivity index (χ3n) is 4.71. The maximum atomic E-state index is 12.0. The van der Waals surface area contributed by atoms with Crippen LogP contribution in [-0.4, -0.2) is 29.8 Å². The van der Waals surface area contributed by atoms with Crippen LogP contribution in [0.1, 0.15) is 65.2 Å². The Morgan fingerprint density at radius 2 is 2.06 bits per heavy atom. The largest absolute Gasteiger partial charge is 0.300 e. The van der Waals surface area contributed by atoms with E-state index in [0.29, 0.717) is 17.7 Å². The van der Waals surface area contributed by atoms with Crippen LogP contribution >= 0.6 is 0 Å². The van der Waals surface area contributed by atoms with Gasteiger partial charge in [0.25, 0.3) is 0 Å². The Morgan fingerprint density at radius 1 is 1.22 bits per heavy atom. The highest BCUT2D eigenvalue weighted by molar-refractivity contribution is 5.83. The molecule has 0 amide bonds. The molecule has 2 atom stereocenters. The van der Waals surface area contributed by atoms with Crippen LogP contribution in [0.2, 0.25) is 0 Å². The van der Waals surface area contributed by atoms with Gasteiger partial charge in [0, 0.05) is 18.4 Å². The highest BCUT2D eigenvalue weighted by atomic mass is 16.1. The Labute approximate surface area is 112 Å². The number of carbonyl (C=O) groups is 1. The molecule has 2 nitrogen and oxygen atoms in total. The Kier molecular flexibility index (Phi) is 5.23. The van der Waals surface area contributed by atoms with Crippen LogP contribution in [0, 0.1) is 11.8 Å². The van der Waals surface area contributed by atoms with Crippen molar-refractivity contribution in [2.24, 2.45) is 11.8 Å². The Bertz CT molecular complexity index is 274. The molecule has 1 heterocycles. The zero-order valence-corrected chi connectivity index (χ0v) is 12.2. The number of Topliss-reactive ketones (excluding diaryl/α,β-unsaturated/α-hetero) is 1. The molecule has 18 heavy (non-hydrogen) atoms. The van der Waals surface area contributed by atoms with Gasteiger partial charge in [-0.1, -0.05) is 20.3 Å². The Morgan fingerprint density at radius 3 is 2.72 bits per heavy atom. The summed E-state index contributed by atoms with van der Waals surface area (Å²) in [6.45, 7) is 7.04. The average molecular weight is 251 g/mol. The summed E-state index contributed by atoms with van der Waals surface area (Å²) in [4.78, 5) is 14.6. The van der Waals surface area contributed by atoms with Crippen molar-refractivity contribution in [3.63, 3.8) is 0 Å². The van der Waals surface area contributed by atoms with E-state index in [-0.39, 0.29) is 0 Å². The van der Waals surface area contributed by atoms with E-state index in [1.165, 1.54) is 45.2 Å². The molecule has 0 spiro atoms. The van der Waals surface area contributed by atoms with Crippen molar-refractivity contribution < 1.29 is 4.79 Å². The number of nitrogens with zero attached hydrogens (tertiary/aromatic N) is 1. The van der Waals surface area contributed by atoms with Crippen molar-refractivity contribution in [2.45, 2.75) is 71.3 Å². The van der Waals surface area contributed by atoms with Gasteiger partial charge in [-0.2, -0.15) is 0 Å². The van der Waals surface area contributed by atoms with E-state index in [4.69, 9.17) is 0 Å². The minimum absolute atomic E-state index is 0.379. The van der Waals surface area contributed by atoms with Crippen LogP contribution in [0.5, 0.6) is 0 Å². The van der Waals surface area contributed by atoms with Gasteiger partial charge < -0.3 is 0 Å². The van der Waals surface area contributed by atoms with Crippen LogP contribution in [-0.2, 0) is 4.79 Å². The number of likely N-dealkylation sites (tertiary alicyclic amines) is 1. The smallest absolute Gasteiger partial charge is 0.137 e. The number of hydrogen-bond donors (Lipinski definition) is 0. The summed E-state index contributed by atoms with van der Waals surface area (Å²) >= 11 is 0. The molecule has 1 saturated heterocycles. The van der Waals surface area contributed by atoms with Crippen molar-refractivity contribution >= 4 is 5.78 Å². The molecule has 0 bridgehead atoms. The fourth-order valence-electron chi connectivity index (χ4n) is 3.70. The van der Waals surface area contributed by atoms with Gasteiger partial charge in [0.15, 0.2) is 0 Å². The van der Waals surface area contributed by atoms with Crippen LogP contribution in [0.4, 0.5) is 0 Å². The Balaban J connectivity index is 1.87. The standard InChI is InChI=1S/C16H29NO/c1-13(2)7-6-12-17-11-4-3-9-15(17)14-8-5-10-16(14)18/h13-15H,3-12H2,1-2H3. The summed E-state index contributed by atoms with van der Waals surface area (Å²) in [5.74, 6) is 1.74. The molecule has 1 aliphatic carbocycles. The van der Waals surface area contributed by atoms with Gasteiger partial charge in [0.05, 0.1) is 0 Å². The SMILES string of the molecule is CC(C)CCCN1CCCCC1C1CCCC1=O. The van der Waals surface area contributed by atoms with Crippen LogP contribution < -0.4 is 0 Å². The van der Waals surface area contributed by atoms with E-state index < -0.39 is 0 Å². The van der Waals surface area contributed by atoms with Gasteiger partial charge >= 0.3 is 0 Å². The van der Waals surface area contributed by atoms with E-state index in [1.54, 1.807) is 0 Å². The highest BCUT2D eigenvalue weighted by Gasteiger charge is 2.36. The van der Waals surface area contributed by atoms with E-state index in [9.17, 15) is 4.79 Å². The molecule has 104 valence electrons. The normalized spacial score (nSPS) is 30.3. The monoisotopic (exact) mass is 251 g/mol. The van der Waals surface area contributed by atoms with Crippen LogP contribution in [0.15, 0.2) is 0 Å². The first-order valence-corrected chi connectivity index (χ1v) is 7.95. The molecule has 0 aromatic heterocycles. The first kappa shape index (κ1) is 14.0. The summed E-state index contributed by atoms with van der Waals surface area (Å²) in [6, 6.07) is 0.584. The summed E-state index contributed by atoms with van der Waals surface area (Å²) in [5, 5.41) is 0. The second-order valence-electron chi connectivity index (χ2n) is 6.60. The van der Waals surface area contributed by atoms with Crippen molar-refractivity contribution in [2.75, 3.05) is 13.1 Å². The minimum atomic E-state index is 0.379. The molecule has 0 aromatic rings. The lowest BCUT2D eigenvalue weighted by molar-refractivity contribution is -0.123. The van der Waals surface area contributed by atoms with E-state index in [0.717, 1.165) is 25.2 Å². The fourth-order valence-corrected chi connectivity index (χ4v) is 3.70. The average Bonchev–Trinajstić information content (AvgIpc) is 2.76. The summed E-state index contributed by atoms with van der Waals surface area (Å²) in [6.07, 6.45) is 9.69. The molecule has 2 aliphatic rings. The van der Waals surface area contributed by atoms with Gasteiger partial charge in [-0.15, -0.1) is 0 Å². The number of hydrogen-bond acceptors (Lipinski definition) is 2. The second kappa shape index (κ2) is 6.70. The quantitative estimate of drug-likeness (QED) is 0.743. The van der Waals surface area contributed by atoms with Crippen LogP contribution in [0.3, 0.4) is 0 Å². The van der Waals surface area contributed by atoms with Gasteiger partial charge in [0.1, 0.15) is 5.78 Å². The number of rotatable bonds is 5. The van der Waals surface area contributed by atoms with Gasteiger partial charge in [0.2, 0.25) is 0 Å². The van der Waals surface area contributed by atoms with Gasteiger partial charge in [-0.25, -0.2) is 0 Å². The van der Waals surface area contributed by atoms with Gasteiger partial charge in [-0.05, 0) is 57.5 Å². The molecule has 2 rings (SSSR count). The molecule has 0 N–H and O–H groups in total. The number of ketones is 1. The van der Waals surface area contributed by atoms with Crippen molar-refractivity contribution in [1.82, 2.24) is 4.90 Å². The number of carbonyl (C=O) groups excluding carboxylic acids is 1.